The summed E-state index contributed by atoms with van der Waals surface area (Å²) in [5, 5.41) is 0.741. The van der Waals surface area contributed by atoms with Crippen LogP contribution in [-0.2, 0) is 14.4 Å². The van der Waals surface area contributed by atoms with Gasteiger partial charge in [0.05, 0.1) is 11.8 Å². The van der Waals surface area contributed by atoms with E-state index in [4.69, 9.17) is 9.15 Å². The summed E-state index contributed by atoms with van der Waals surface area (Å²) in [5.41, 5.74) is 0.592. The van der Waals surface area contributed by atoms with Gasteiger partial charge in [-0.25, -0.2) is 9.59 Å². The van der Waals surface area contributed by atoms with E-state index in [2.05, 4.69) is 12.2 Å². The van der Waals surface area contributed by atoms with Gasteiger partial charge in [0.15, 0.2) is 0 Å². The first-order valence-electron chi connectivity index (χ1n) is 10.2. The molecule has 2 bridgehead atoms. The third-order valence-corrected chi connectivity index (χ3v) is 7.19. The minimum atomic E-state index is -0.696. The van der Waals surface area contributed by atoms with E-state index < -0.39 is 18.1 Å². The minimum Gasteiger partial charge on any atom is -0.425 e. The maximum Gasteiger partial charge on any atom is 0.336 e. The molecule has 1 aliphatic heterocycles. The molecule has 0 spiro atoms. The molecule has 0 radical (unpaired) electrons. The summed E-state index contributed by atoms with van der Waals surface area (Å²) in [7, 11) is 0. The van der Waals surface area contributed by atoms with Crippen molar-refractivity contribution in [1.29, 1.82) is 0 Å². The lowest BCUT2D eigenvalue weighted by Gasteiger charge is -2.37. The molecule has 6 atom stereocenters. The molecule has 0 N–H and O–H groups in total. The van der Waals surface area contributed by atoms with Crippen molar-refractivity contribution in [2.24, 2.45) is 35.5 Å². The van der Waals surface area contributed by atoms with Gasteiger partial charge in [-0.3, -0.25) is 14.5 Å². The van der Waals surface area contributed by atoms with Crippen molar-refractivity contribution in [3.05, 3.63) is 52.4 Å². The first kappa shape index (κ1) is 17.6. The van der Waals surface area contributed by atoms with Gasteiger partial charge in [-0.05, 0) is 54.7 Å². The van der Waals surface area contributed by atoms with Crippen LogP contribution in [0.1, 0.15) is 12.0 Å². The first-order valence-corrected chi connectivity index (χ1v) is 10.2. The number of esters is 1. The smallest absolute Gasteiger partial charge is 0.336 e. The number of fused-ring (bicyclic) bond motifs is 1. The Morgan fingerprint density at radius 2 is 1.73 bits per heavy atom. The second-order valence-corrected chi connectivity index (χ2v) is 8.80. The van der Waals surface area contributed by atoms with Crippen LogP contribution in [0.3, 0.4) is 0 Å². The van der Waals surface area contributed by atoms with Crippen molar-refractivity contribution < 1.29 is 23.5 Å². The average Bonchev–Trinajstić information content (AvgIpc) is 3.49. The van der Waals surface area contributed by atoms with Gasteiger partial charge in [0, 0.05) is 17.5 Å². The zero-order chi connectivity index (χ0) is 20.7. The normalized spacial score (nSPS) is 33.0. The molecule has 4 aliphatic carbocycles. The number of aryl methyl sites for hydroxylation is 1. The van der Waals surface area contributed by atoms with Crippen molar-refractivity contribution in [2.75, 3.05) is 6.54 Å². The molecule has 2 amide bonds. The van der Waals surface area contributed by atoms with Crippen LogP contribution in [0.4, 0.5) is 0 Å². The fourth-order valence-corrected chi connectivity index (χ4v) is 5.85. The SMILES string of the molecule is Cc1cc(OC(=O)CN2C(=O)[C@@H]3[C@H]4C=C[C@@H]([C@@H]5C[C@H]45)[C@@H]3C2=O)cc2oc(=O)ccc12. The summed E-state index contributed by atoms with van der Waals surface area (Å²) in [6.07, 6.45) is 5.28. The van der Waals surface area contributed by atoms with Gasteiger partial charge in [-0.15, -0.1) is 0 Å². The average molecular weight is 405 g/mol. The van der Waals surface area contributed by atoms with Gasteiger partial charge >= 0.3 is 11.6 Å². The van der Waals surface area contributed by atoms with Crippen LogP contribution in [-0.4, -0.2) is 29.2 Å². The molecule has 3 fully saturated rings. The van der Waals surface area contributed by atoms with E-state index in [0.29, 0.717) is 17.4 Å². The number of ether oxygens (including phenoxy) is 1. The van der Waals surface area contributed by atoms with Gasteiger partial charge in [-0.1, -0.05) is 12.2 Å². The molecule has 5 aliphatic rings. The zero-order valence-corrected chi connectivity index (χ0v) is 16.2. The van der Waals surface area contributed by atoms with Crippen LogP contribution in [0, 0.1) is 42.4 Å². The molecule has 2 aromatic rings. The van der Waals surface area contributed by atoms with Gasteiger partial charge in [-0.2, -0.15) is 0 Å². The number of allylic oxidation sites excluding steroid dienone is 2. The molecule has 1 aromatic carbocycles. The fourth-order valence-electron chi connectivity index (χ4n) is 5.85. The fraction of sp³-hybridized carbons (Fsp3) is 0.391. The number of rotatable bonds is 3. The van der Waals surface area contributed by atoms with Crippen molar-refractivity contribution in [3.63, 3.8) is 0 Å². The summed E-state index contributed by atoms with van der Waals surface area (Å²) in [6.45, 7) is 1.40. The molecule has 7 rings (SSSR count). The summed E-state index contributed by atoms with van der Waals surface area (Å²) in [6, 6.07) is 6.10. The topological polar surface area (TPSA) is 93.9 Å². The number of imide groups is 1. The summed E-state index contributed by atoms with van der Waals surface area (Å²) in [5.74, 6) is -0.402. The molecular formula is C23H19NO6. The summed E-state index contributed by atoms with van der Waals surface area (Å²) < 4.78 is 10.6. The predicted octanol–water partition coefficient (Wildman–Crippen LogP) is 2.06. The Balaban J connectivity index is 1.22. The lowest BCUT2D eigenvalue weighted by Crippen LogP contribution is -2.40. The number of carbonyl (C=O) groups is 3. The van der Waals surface area contributed by atoms with E-state index in [1.54, 1.807) is 12.1 Å². The van der Waals surface area contributed by atoms with Crippen LogP contribution in [0.2, 0.25) is 0 Å². The quantitative estimate of drug-likeness (QED) is 0.255. The summed E-state index contributed by atoms with van der Waals surface area (Å²) >= 11 is 0. The van der Waals surface area contributed by atoms with Crippen LogP contribution in [0.15, 0.2) is 45.6 Å². The molecule has 2 saturated carbocycles. The number of benzene rings is 1. The first-order chi connectivity index (χ1) is 14.4. The maximum atomic E-state index is 13.0. The highest BCUT2D eigenvalue weighted by atomic mass is 16.5. The predicted molar refractivity (Wildman–Crippen MR) is 104 cm³/mol. The van der Waals surface area contributed by atoms with Crippen LogP contribution in [0.25, 0.3) is 11.0 Å². The van der Waals surface area contributed by atoms with Gasteiger partial charge in [0.25, 0.3) is 0 Å². The van der Waals surface area contributed by atoms with Crippen molar-refractivity contribution in [1.82, 2.24) is 4.90 Å². The van der Waals surface area contributed by atoms with Crippen LogP contribution in [0.5, 0.6) is 5.75 Å². The Hall–Kier alpha value is -3.22. The maximum absolute atomic E-state index is 13.0. The molecule has 2 heterocycles. The Morgan fingerprint density at radius 3 is 2.40 bits per heavy atom. The van der Waals surface area contributed by atoms with Gasteiger partial charge in [0.2, 0.25) is 11.8 Å². The Morgan fingerprint density at radius 1 is 1.07 bits per heavy atom. The highest BCUT2D eigenvalue weighted by Crippen LogP contribution is 2.65. The second kappa shape index (κ2) is 5.90. The Bertz CT molecular complexity index is 1190. The second-order valence-electron chi connectivity index (χ2n) is 8.80. The van der Waals surface area contributed by atoms with E-state index >= 15 is 0 Å². The highest BCUT2D eigenvalue weighted by Gasteiger charge is 2.67. The molecule has 7 heteroatoms. The molecule has 1 aromatic heterocycles. The standard InChI is InChI=1S/C23H19NO6/c1-10-6-11(7-17-12(10)4-5-18(25)30-17)29-19(26)9-24-22(27)20-13-2-3-14(16-8-15(13)16)21(20)23(24)28/h2-7,13-16,20-21H,8-9H2,1H3/t13-,14-,15-,16+,20-,21+/m0/s1. The number of nitrogens with zero attached hydrogens (tertiary/aromatic N) is 1. The third-order valence-electron chi connectivity index (χ3n) is 7.19. The Labute approximate surface area is 171 Å². The lowest BCUT2D eigenvalue weighted by molar-refractivity contribution is -0.148. The molecule has 152 valence electrons. The van der Waals surface area contributed by atoms with E-state index in [9.17, 15) is 19.2 Å². The number of hydrogen-bond donors (Lipinski definition) is 0. The van der Waals surface area contributed by atoms with E-state index in [0.717, 1.165) is 22.3 Å². The van der Waals surface area contributed by atoms with Gasteiger partial charge < -0.3 is 9.15 Å². The highest BCUT2D eigenvalue weighted by molar-refractivity contribution is 6.08. The van der Waals surface area contributed by atoms with Gasteiger partial charge in [0.1, 0.15) is 17.9 Å². The monoisotopic (exact) mass is 405 g/mol. The van der Waals surface area contributed by atoms with E-state index in [-0.39, 0.29) is 41.2 Å². The number of likely N-dealkylation sites (tertiary alicyclic amines) is 1. The number of carbonyl (C=O) groups excluding carboxylic acids is 3. The molecule has 0 unspecified atom stereocenters. The molecule has 7 nitrogen and oxygen atoms in total. The van der Waals surface area contributed by atoms with Crippen LogP contribution < -0.4 is 10.4 Å². The molecule has 1 saturated heterocycles. The summed E-state index contributed by atoms with van der Waals surface area (Å²) in [4.78, 5) is 51.0. The largest absolute Gasteiger partial charge is 0.425 e. The third kappa shape index (κ3) is 2.38. The van der Waals surface area contributed by atoms with E-state index in [1.165, 1.54) is 12.1 Å². The Kier molecular flexibility index (Phi) is 3.47. The zero-order valence-electron chi connectivity index (χ0n) is 16.2. The number of amides is 2. The van der Waals surface area contributed by atoms with Crippen molar-refractivity contribution in [3.8, 4) is 5.75 Å². The number of hydrogen-bond acceptors (Lipinski definition) is 6. The molecule has 30 heavy (non-hydrogen) atoms. The van der Waals surface area contributed by atoms with E-state index in [1.807, 2.05) is 6.92 Å². The van der Waals surface area contributed by atoms with Crippen LogP contribution >= 0.6 is 0 Å². The van der Waals surface area contributed by atoms with Crippen molar-refractivity contribution in [2.45, 2.75) is 13.3 Å². The molecular weight excluding hydrogens is 386 g/mol. The lowest BCUT2D eigenvalue weighted by atomic mass is 9.63. The van der Waals surface area contributed by atoms with Crippen molar-refractivity contribution >= 4 is 28.8 Å². The minimum absolute atomic E-state index is 0.119.